The second-order valence-electron chi connectivity index (χ2n) is 2.04. The summed E-state index contributed by atoms with van der Waals surface area (Å²) in [6.45, 7) is 4.17. The van der Waals surface area contributed by atoms with Crippen molar-refractivity contribution in [1.29, 1.82) is 0 Å². The van der Waals surface area contributed by atoms with E-state index in [0.717, 1.165) is 6.42 Å². The fourth-order valence-electron chi connectivity index (χ4n) is 0.667. The van der Waals surface area contributed by atoms with Crippen LogP contribution in [0.4, 0.5) is 0 Å². The van der Waals surface area contributed by atoms with Crippen molar-refractivity contribution in [3.05, 3.63) is 0 Å². The Morgan fingerprint density at radius 1 is 1.50 bits per heavy atom. The van der Waals surface area contributed by atoms with E-state index in [-0.39, 0.29) is 5.91 Å². The number of rotatable bonds is 4. The van der Waals surface area contributed by atoms with Gasteiger partial charge < -0.3 is 0 Å². The molecule has 2 amide bonds. The van der Waals surface area contributed by atoms with E-state index in [1.165, 1.54) is 4.90 Å². The maximum absolute atomic E-state index is 10.9. The van der Waals surface area contributed by atoms with E-state index in [2.05, 4.69) is 0 Å². The molecule has 0 radical (unpaired) electrons. The summed E-state index contributed by atoms with van der Waals surface area (Å²) in [4.78, 5) is 22.2. The number of carbonyl (C=O) groups excluding carboxylic acids is 2. The second kappa shape index (κ2) is 4.97. The van der Waals surface area contributed by atoms with Crippen molar-refractivity contribution in [2.45, 2.75) is 26.7 Å². The zero-order valence-electron chi connectivity index (χ0n) is 6.46. The molecule has 0 aromatic rings. The van der Waals surface area contributed by atoms with Crippen LogP contribution < -0.4 is 0 Å². The lowest BCUT2D eigenvalue weighted by Crippen LogP contribution is -2.28. The van der Waals surface area contributed by atoms with Gasteiger partial charge in [-0.05, 0) is 13.3 Å². The molecule has 0 saturated heterocycles. The Bertz CT molecular complexity index is 123. The van der Waals surface area contributed by atoms with Gasteiger partial charge in [-0.2, -0.15) is 0 Å². The zero-order chi connectivity index (χ0) is 7.98. The first kappa shape index (κ1) is 9.14. The summed E-state index contributed by atoms with van der Waals surface area (Å²) in [6.07, 6.45) is 1.84. The highest BCUT2D eigenvalue weighted by atomic mass is 16.2. The first-order chi connectivity index (χ1) is 4.76. The molecular formula is C7H13NO2. The highest BCUT2D eigenvalue weighted by Crippen LogP contribution is 1.93. The zero-order valence-corrected chi connectivity index (χ0v) is 6.46. The van der Waals surface area contributed by atoms with E-state index in [9.17, 15) is 9.59 Å². The molecular weight excluding hydrogens is 130 g/mol. The van der Waals surface area contributed by atoms with E-state index in [4.69, 9.17) is 0 Å². The van der Waals surface area contributed by atoms with Gasteiger partial charge >= 0.3 is 0 Å². The Hall–Kier alpha value is -0.860. The summed E-state index contributed by atoms with van der Waals surface area (Å²) in [6, 6.07) is 0. The maximum atomic E-state index is 10.9. The second-order valence-corrected chi connectivity index (χ2v) is 2.04. The Morgan fingerprint density at radius 3 is 2.40 bits per heavy atom. The van der Waals surface area contributed by atoms with Crippen LogP contribution in [0.25, 0.3) is 0 Å². The highest BCUT2D eigenvalue weighted by Gasteiger charge is 2.07. The molecule has 0 fully saturated rings. The molecule has 0 aromatic heterocycles. The third-order valence-corrected chi connectivity index (χ3v) is 1.25. The normalized spacial score (nSPS) is 9.00. The molecule has 10 heavy (non-hydrogen) atoms. The van der Waals surface area contributed by atoms with Crippen LogP contribution >= 0.6 is 0 Å². The highest BCUT2D eigenvalue weighted by molar-refractivity contribution is 5.85. The topological polar surface area (TPSA) is 37.4 Å². The average molecular weight is 143 g/mol. The lowest BCUT2D eigenvalue weighted by atomic mass is 10.3. The van der Waals surface area contributed by atoms with Crippen molar-refractivity contribution >= 4 is 12.3 Å². The molecule has 0 atom stereocenters. The molecule has 0 aliphatic heterocycles. The van der Waals surface area contributed by atoms with Gasteiger partial charge in [0, 0.05) is 13.0 Å². The first-order valence-corrected chi connectivity index (χ1v) is 3.51. The molecule has 58 valence electrons. The summed E-state index contributed by atoms with van der Waals surface area (Å²) in [5, 5.41) is 0. The Balaban J connectivity index is 3.76. The quantitative estimate of drug-likeness (QED) is 0.546. The van der Waals surface area contributed by atoms with Gasteiger partial charge in [-0.3, -0.25) is 14.5 Å². The van der Waals surface area contributed by atoms with Crippen molar-refractivity contribution in [3.63, 3.8) is 0 Å². The Labute approximate surface area is 61.0 Å². The third kappa shape index (κ3) is 2.62. The van der Waals surface area contributed by atoms with E-state index >= 15 is 0 Å². The molecule has 0 aliphatic carbocycles. The Morgan fingerprint density at radius 2 is 2.10 bits per heavy atom. The van der Waals surface area contributed by atoms with E-state index in [0.29, 0.717) is 19.4 Å². The van der Waals surface area contributed by atoms with Crippen molar-refractivity contribution in [2.75, 3.05) is 6.54 Å². The van der Waals surface area contributed by atoms with Crippen LogP contribution in [-0.2, 0) is 9.59 Å². The molecule has 0 spiro atoms. The van der Waals surface area contributed by atoms with E-state index in [1.54, 1.807) is 6.92 Å². The molecule has 0 heterocycles. The number of hydrogen-bond donors (Lipinski definition) is 0. The minimum absolute atomic E-state index is 0.0833. The van der Waals surface area contributed by atoms with Gasteiger partial charge in [0.05, 0.1) is 0 Å². The average Bonchev–Trinajstić information content (AvgIpc) is 1.91. The van der Waals surface area contributed by atoms with Crippen molar-refractivity contribution in [1.82, 2.24) is 4.90 Å². The monoisotopic (exact) mass is 143 g/mol. The summed E-state index contributed by atoms with van der Waals surface area (Å²) >= 11 is 0. The van der Waals surface area contributed by atoms with Crippen LogP contribution in [0.2, 0.25) is 0 Å². The first-order valence-electron chi connectivity index (χ1n) is 3.51. The summed E-state index contributed by atoms with van der Waals surface area (Å²) in [7, 11) is 0. The molecule has 0 aromatic carbocycles. The smallest absolute Gasteiger partial charge is 0.228 e. The van der Waals surface area contributed by atoms with Gasteiger partial charge in [0.1, 0.15) is 0 Å². The molecule has 3 heteroatoms. The number of hydrogen-bond acceptors (Lipinski definition) is 2. The van der Waals surface area contributed by atoms with Crippen LogP contribution in [0, 0.1) is 0 Å². The largest absolute Gasteiger partial charge is 0.286 e. The predicted octanol–water partition coefficient (Wildman–Crippen LogP) is 0.791. The third-order valence-electron chi connectivity index (χ3n) is 1.25. The fraction of sp³-hybridized carbons (Fsp3) is 0.714. The van der Waals surface area contributed by atoms with Crippen LogP contribution in [0.3, 0.4) is 0 Å². The molecule has 0 unspecified atom stereocenters. The van der Waals surface area contributed by atoms with Gasteiger partial charge in [0.25, 0.3) is 0 Å². The van der Waals surface area contributed by atoms with Crippen LogP contribution in [0.15, 0.2) is 0 Å². The standard InChI is InChI=1S/C7H13NO2/c1-3-5-7(10)8(4-2)6-9/h6H,3-5H2,1-2H3. The van der Waals surface area contributed by atoms with Crippen molar-refractivity contribution < 1.29 is 9.59 Å². The molecule has 0 saturated carbocycles. The lowest BCUT2D eigenvalue weighted by Gasteiger charge is -2.10. The molecule has 0 N–H and O–H groups in total. The SMILES string of the molecule is CCCC(=O)N(C=O)CC. The minimum atomic E-state index is -0.0833. The number of carbonyl (C=O) groups is 2. The summed E-state index contributed by atoms with van der Waals surface area (Å²) in [5.74, 6) is -0.0833. The fourth-order valence-corrected chi connectivity index (χ4v) is 0.667. The minimum Gasteiger partial charge on any atom is -0.286 e. The molecule has 0 rings (SSSR count). The number of amides is 2. The molecule has 0 aliphatic rings. The van der Waals surface area contributed by atoms with Crippen molar-refractivity contribution in [2.24, 2.45) is 0 Å². The van der Waals surface area contributed by atoms with Crippen LogP contribution in [-0.4, -0.2) is 23.8 Å². The van der Waals surface area contributed by atoms with E-state index < -0.39 is 0 Å². The van der Waals surface area contributed by atoms with Gasteiger partial charge in [0.15, 0.2) is 0 Å². The predicted molar refractivity (Wildman–Crippen MR) is 38.4 cm³/mol. The van der Waals surface area contributed by atoms with Crippen molar-refractivity contribution in [3.8, 4) is 0 Å². The summed E-state index contributed by atoms with van der Waals surface area (Å²) < 4.78 is 0. The molecule has 3 nitrogen and oxygen atoms in total. The Kier molecular flexibility index (Phi) is 4.54. The maximum Gasteiger partial charge on any atom is 0.228 e. The van der Waals surface area contributed by atoms with Crippen LogP contribution in [0.1, 0.15) is 26.7 Å². The number of imide groups is 1. The lowest BCUT2D eigenvalue weighted by molar-refractivity contribution is -0.137. The van der Waals surface area contributed by atoms with Gasteiger partial charge in [-0.15, -0.1) is 0 Å². The van der Waals surface area contributed by atoms with E-state index in [1.807, 2.05) is 6.92 Å². The van der Waals surface area contributed by atoms with Gasteiger partial charge in [-0.25, -0.2) is 0 Å². The molecule has 0 bridgehead atoms. The van der Waals surface area contributed by atoms with Gasteiger partial charge in [0.2, 0.25) is 12.3 Å². The summed E-state index contributed by atoms with van der Waals surface area (Å²) in [5.41, 5.74) is 0. The van der Waals surface area contributed by atoms with Gasteiger partial charge in [-0.1, -0.05) is 6.92 Å². The number of nitrogens with zero attached hydrogens (tertiary/aromatic N) is 1. The van der Waals surface area contributed by atoms with Crippen LogP contribution in [0.5, 0.6) is 0 Å².